The molecule has 0 fully saturated rings. The average Bonchev–Trinajstić information content (AvgIpc) is 3.44. The number of nitrogens with one attached hydrogen (secondary N) is 3. The van der Waals surface area contributed by atoms with E-state index in [1.54, 1.807) is 19.2 Å². The lowest BCUT2D eigenvalue weighted by molar-refractivity contribution is -0.138. The first-order valence-electron chi connectivity index (χ1n) is 11.4. The number of carbonyl (C=O) groups is 1. The average molecular weight is 557 g/mol. The van der Waals surface area contributed by atoms with Crippen LogP contribution in [-0.2, 0) is 6.18 Å². The number of carbonyl (C=O) groups excluding carboxylic acids is 1. The molecule has 3 heterocycles. The van der Waals surface area contributed by atoms with E-state index in [2.05, 4.69) is 40.3 Å². The summed E-state index contributed by atoms with van der Waals surface area (Å²) in [7, 11) is 2.70. The number of ether oxygens (including phenoxy) is 1. The van der Waals surface area contributed by atoms with Crippen LogP contribution in [0, 0.1) is 11.6 Å². The van der Waals surface area contributed by atoms with Crippen LogP contribution in [0.25, 0.3) is 22.4 Å². The van der Waals surface area contributed by atoms with E-state index in [0.717, 1.165) is 19.2 Å². The van der Waals surface area contributed by atoms with Gasteiger partial charge in [-0.2, -0.15) is 13.2 Å². The molecule has 0 aliphatic heterocycles. The highest BCUT2D eigenvalue weighted by molar-refractivity contribution is 5.91. The second-order valence-electron chi connectivity index (χ2n) is 7.96. The molecule has 0 amide bonds. The third-order valence-corrected chi connectivity index (χ3v) is 5.55. The number of hydrogen-bond acceptors (Lipinski definition) is 8. The minimum Gasteiger partial charge on any atom is -0.496 e. The zero-order valence-electron chi connectivity index (χ0n) is 20.8. The predicted molar refractivity (Wildman–Crippen MR) is 137 cm³/mol. The summed E-state index contributed by atoms with van der Waals surface area (Å²) < 4.78 is 70.3. The summed E-state index contributed by atoms with van der Waals surface area (Å²) in [5, 5.41) is 5.42. The molecule has 40 heavy (non-hydrogen) atoms. The quantitative estimate of drug-likeness (QED) is 0.172. The molecule has 14 heteroatoms. The van der Waals surface area contributed by atoms with Crippen molar-refractivity contribution in [2.24, 2.45) is 0 Å². The number of nitrogens with zero attached hydrogens (tertiary/aromatic N) is 4. The molecule has 0 saturated heterocycles. The van der Waals surface area contributed by atoms with Crippen LogP contribution in [0.2, 0.25) is 0 Å². The number of anilines is 3. The van der Waals surface area contributed by atoms with Crippen molar-refractivity contribution in [1.29, 1.82) is 0 Å². The molecule has 0 saturated carbocycles. The Hall–Kier alpha value is -5.14. The van der Waals surface area contributed by atoms with E-state index >= 15 is 0 Å². The molecule has 206 valence electrons. The van der Waals surface area contributed by atoms with Gasteiger partial charge in [0.05, 0.1) is 24.7 Å². The van der Waals surface area contributed by atoms with Crippen LogP contribution in [-0.4, -0.2) is 45.4 Å². The van der Waals surface area contributed by atoms with E-state index in [-0.39, 0.29) is 28.5 Å². The van der Waals surface area contributed by atoms with Crippen molar-refractivity contribution in [1.82, 2.24) is 24.9 Å². The number of aldehydes is 1. The summed E-state index contributed by atoms with van der Waals surface area (Å²) in [6, 6.07) is 9.10. The molecule has 2 aromatic carbocycles. The van der Waals surface area contributed by atoms with Crippen LogP contribution in [0.4, 0.5) is 39.1 Å². The molecule has 3 aromatic heterocycles. The van der Waals surface area contributed by atoms with Crippen molar-refractivity contribution < 1.29 is 31.5 Å². The van der Waals surface area contributed by atoms with Gasteiger partial charge < -0.3 is 20.4 Å². The molecule has 0 aliphatic rings. The van der Waals surface area contributed by atoms with Gasteiger partial charge in [0.2, 0.25) is 0 Å². The number of hydrogen-bond donors (Lipinski definition) is 3. The first-order valence-corrected chi connectivity index (χ1v) is 11.4. The molecule has 0 aliphatic carbocycles. The molecule has 0 bridgehead atoms. The molecule has 5 aromatic rings. The van der Waals surface area contributed by atoms with E-state index in [4.69, 9.17) is 0 Å². The van der Waals surface area contributed by atoms with Crippen LogP contribution >= 0.6 is 0 Å². The Morgan fingerprint density at radius 2 is 1.82 bits per heavy atom. The van der Waals surface area contributed by atoms with Gasteiger partial charge in [-0.05, 0) is 42.5 Å². The number of methoxy groups -OCH3 is 1. The van der Waals surface area contributed by atoms with Gasteiger partial charge in [-0.25, -0.2) is 28.7 Å². The molecular formula is C26H20F5N7O2. The third kappa shape index (κ3) is 5.80. The maximum Gasteiger partial charge on any atom is 0.419 e. The highest BCUT2D eigenvalue weighted by Gasteiger charge is 2.34. The lowest BCUT2D eigenvalue weighted by Crippen LogP contribution is -2.08. The van der Waals surface area contributed by atoms with Gasteiger partial charge in [0, 0.05) is 24.4 Å². The largest absolute Gasteiger partial charge is 0.496 e. The zero-order chi connectivity index (χ0) is 28.9. The number of pyridine rings is 1. The van der Waals surface area contributed by atoms with Gasteiger partial charge in [-0.1, -0.05) is 0 Å². The predicted octanol–water partition coefficient (Wildman–Crippen LogP) is 6.00. The summed E-state index contributed by atoms with van der Waals surface area (Å²) >= 11 is 0. The second-order valence-corrected chi connectivity index (χ2v) is 7.96. The number of fused-ring (bicyclic) bond motifs is 1. The first kappa shape index (κ1) is 27.9. The fraction of sp³-hybridized carbons (Fsp3) is 0.115. The number of rotatable bonds is 6. The highest BCUT2D eigenvalue weighted by Crippen LogP contribution is 2.36. The lowest BCUT2D eigenvalue weighted by Gasteiger charge is -2.14. The van der Waals surface area contributed by atoms with E-state index in [0.29, 0.717) is 28.7 Å². The van der Waals surface area contributed by atoms with Crippen molar-refractivity contribution in [2.75, 3.05) is 24.8 Å². The zero-order valence-corrected chi connectivity index (χ0v) is 20.8. The first-order chi connectivity index (χ1) is 19.2. The Labute approximate surface area is 223 Å². The SMILES string of the molecule is CNc1ccc(F)c(Nc2ncccc2-c2ncnc3nc[nH]c23)c1F.COc1ccc(C=O)cc1C(F)(F)F. The Balaban J connectivity index is 0.000000224. The van der Waals surface area contributed by atoms with Gasteiger partial charge in [0.15, 0.2) is 11.5 Å². The van der Waals surface area contributed by atoms with Crippen molar-refractivity contribution in [3.05, 3.63) is 84.1 Å². The molecule has 0 unspecified atom stereocenters. The highest BCUT2D eigenvalue weighted by atomic mass is 19.4. The Morgan fingerprint density at radius 1 is 1.02 bits per heavy atom. The smallest absolute Gasteiger partial charge is 0.419 e. The van der Waals surface area contributed by atoms with Gasteiger partial charge in [0.25, 0.3) is 0 Å². The lowest BCUT2D eigenvalue weighted by atomic mass is 10.1. The molecule has 0 spiro atoms. The number of halogens is 5. The number of aromatic amines is 1. The number of alkyl halides is 3. The molecule has 5 rings (SSSR count). The minimum atomic E-state index is -4.51. The normalized spacial score (nSPS) is 11.0. The topological polar surface area (TPSA) is 118 Å². The molecule has 3 N–H and O–H groups in total. The molecule has 9 nitrogen and oxygen atoms in total. The summed E-state index contributed by atoms with van der Waals surface area (Å²) in [5.74, 6) is -1.50. The molecule has 0 radical (unpaired) electrons. The maximum absolute atomic E-state index is 14.5. The van der Waals surface area contributed by atoms with Crippen molar-refractivity contribution in [3.8, 4) is 17.0 Å². The summed E-state index contributed by atoms with van der Waals surface area (Å²) in [6.07, 6.45) is 0.244. The van der Waals surface area contributed by atoms with Gasteiger partial charge in [0.1, 0.15) is 46.9 Å². The summed E-state index contributed by atoms with van der Waals surface area (Å²) in [5.41, 5.74) is 1.07. The maximum atomic E-state index is 14.5. The van der Waals surface area contributed by atoms with E-state index < -0.39 is 23.4 Å². The Kier molecular flexibility index (Phi) is 8.17. The number of aromatic nitrogens is 5. The number of H-pyrrole nitrogens is 1. The monoisotopic (exact) mass is 557 g/mol. The van der Waals surface area contributed by atoms with E-state index in [9.17, 15) is 26.7 Å². The fourth-order valence-electron chi connectivity index (χ4n) is 3.66. The van der Waals surface area contributed by atoms with Crippen LogP contribution in [0.1, 0.15) is 15.9 Å². The van der Waals surface area contributed by atoms with Crippen LogP contribution in [0.5, 0.6) is 5.75 Å². The minimum absolute atomic E-state index is 0.0295. The van der Waals surface area contributed by atoms with Gasteiger partial charge >= 0.3 is 6.18 Å². The van der Waals surface area contributed by atoms with Gasteiger partial charge in [-0.15, -0.1) is 0 Å². The van der Waals surface area contributed by atoms with E-state index in [1.807, 2.05) is 0 Å². The fourth-order valence-corrected chi connectivity index (χ4v) is 3.66. The van der Waals surface area contributed by atoms with Crippen molar-refractivity contribution >= 4 is 34.6 Å². The summed E-state index contributed by atoms with van der Waals surface area (Å²) in [6.45, 7) is 0. The summed E-state index contributed by atoms with van der Waals surface area (Å²) in [4.78, 5) is 29.9. The molecule has 0 atom stereocenters. The van der Waals surface area contributed by atoms with Crippen LogP contribution in [0.3, 0.4) is 0 Å². The van der Waals surface area contributed by atoms with Crippen molar-refractivity contribution in [2.45, 2.75) is 6.18 Å². The number of benzene rings is 2. The Morgan fingerprint density at radius 3 is 2.52 bits per heavy atom. The van der Waals surface area contributed by atoms with Gasteiger partial charge in [-0.3, -0.25) is 4.79 Å². The van der Waals surface area contributed by atoms with Crippen molar-refractivity contribution in [3.63, 3.8) is 0 Å². The molecular weight excluding hydrogens is 537 g/mol. The second kappa shape index (κ2) is 11.7. The number of imidazole rings is 1. The third-order valence-electron chi connectivity index (χ3n) is 5.55. The van der Waals surface area contributed by atoms with Crippen LogP contribution < -0.4 is 15.4 Å². The Bertz CT molecular complexity index is 1660. The standard InChI is InChI=1S/C17H13F2N7.C9H7F3O2/c1-20-11-5-4-10(18)14(12(11)19)26-16-9(3-2-6-21-16)13-15-17(24-7-22-13)25-8-23-15;1-14-8-3-2-6(5-13)4-7(8)9(10,11)12/h2-8,20H,1H3,(H,21,26)(H,22,23,24,25);2-5H,1H3. The van der Waals surface area contributed by atoms with Crippen LogP contribution in [0.15, 0.2) is 61.3 Å². The van der Waals surface area contributed by atoms with E-state index in [1.165, 1.54) is 37.1 Å².